The fraction of sp³-hybridized carbons (Fsp3) is 0.556. The molecule has 0 radical (unpaired) electrons. The van der Waals surface area contributed by atoms with Gasteiger partial charge in [0.05, 0.1) is 5.02 Å². The monoisotopic (exact) mass is 302 g/mol. The van der Waals surface area contributed by atoms with Crippen molar-refractivity contribution in [2.45, 2.75) is 37.7 Å². The molecule has 0 spiro atoms. The number of hydrogen-bond acceptors (Lipinski definition) is 2. The molecule has 2 bridgehead atoms. The quantitative estimate of drug-likeness (QED) is 0.826. The van der Waals surface area contributed by atoms with Crippen LogP contribution in [-0.4, -0.2) is 5.11 Å². The van der Waals surface area contributed by atoms with Crippen LogP contribution in [0.1, 0.15) is 37.9 Å². The molecule has 5 unspecified atom stereocenters. The first kappa shape index (κ1) is 12.5. The molecule has 110 valence electrons. The first-order valence-corrected chi connectivity index (χ1v) is 8.45. The van der Waals surface area contributed by atoms with Crippen LogP contribution >= 0.6 is 11.6 Å². The average Bonchev–Trinajstić information content (AvgIpc) is 3.18. The molecular formula is C18H19ClO2. The number of halogens is 1. The van der Waals surface area contributed by atoms with E-state index in [2.05, 4.69) is 0 Å². The van der Waals surface area contributed by atoms with Crippen LogP contribution in [0.4, 0.5) is 0 Å². The third kappa shape index (κ3) is 1.53. The second-order valence-corrected chi connectivity index (χ2v) is 7.67. The summed E-state index contributed by atoms with van der Waals surface area (Å²) in [4.78, 5) is 0. The lowest BCUT2D eigenvalue weighted by atomic mass is 9.72. The molecule has 2 nitrogen and oxygen atoms in total. The summed E-state index contributed by atoms with van der Waals surface area (Å²) in [5.41, 5.74) is -0.0493. The Hall–Kier alpha value is -0.990. The molecule has 3 saturated carbocycles. The van der Waals surface area contributed by atoms with Gasteiger partial charge in [0.15, 0.2) is 5.58 Å². The maximum absolute atomic E-state index is 11.4. The SMILES string of the molecule is OC1(c2cc3cccc(Cl)c3o2)CC2CC1C1CCCC21. The van der Waals surface area contributed by atoms with Crippen molar-refractivity contribution in [3.8, 4) is 0 Å². The number of furan rings is 1. The molecule has 0 amide bonds. The normalized spacial score (nSPS) is 41.0. The molecule has 1 heterocycles. The van der Waals surface area contributed by atoms with Crippen LogP contribution in [0.5, 0.6) is 0 Å². The van der Waals surface area contributed by atoms with E-state index in [-0.39, 0.29) is 0 Å². The van der Waals surface area contributed by atoms with Crippen LogP contribution in [0.15, 0.2) is 28.7 Å². The zero-order valence-electron chi connectivity index (χ0n) is 11.9. The maximum Gasteiger partial charge on any atom is 0.153 e. The van der Waals surface area contributed by atoms with Gasteiger partial charge in [-0.05, 0) is 61.5 Å². The van der Waals surface area contributed by atoms with E-state index in [1.54, 1.807) is 0 Å². The Morgan fingerprint density at radius 2 is 2.10 bits per heavy atom. The minimum Gasteiger partial charge on any atom is -0.456 e. The smallest absolute Gasteiger partial charge is 0.153 e. The Labute approximate surface area is 129 Å². The van der Waals surface area contributed by atoms with Gasteiger partial charge >= 0.3 is 0 Å². The predicted octanol–water partition coefficient (Wildman–Crippen LogP) is 4.73. The number of fused-ring (bicyclic) bond motifs is 6. The molecule has 3 aliphatic rings. The van der Waals surface area contributed by atoms with Gasteiger partial charge in [-0.3, -0.25) is 0 Å². The lowest BCUT2D eigenvalue weighted by Gasteiger charge is -2.37. The summed E-state index contributed by atoms with van der Waals surface area (Å²) in [6.45, 7) is 0. The lowest BCUT2D eigenvalue weighted by Crippen LogP contribution is -2.38. The summed E-state index contributed by atoms with van der Waals surface area (Å²) >= 11 is 6.22. The molecule has 0 saturated heterocycles. The van der Waals surface area contributed by atoms with Crippen molar-refractivity contribution in [3.05, 3.63) is 35.0 Å². The summed E-state index contributed by atoms with van der Waals surface area (Å²) in [6, 6.07) is 7.78. The highest BCUT2D eigenvalue weighted by molar-refractivity contribution is 6.34. The maximum atomic E-state index is 11.4. The molecular weight excluding hydrogens is 284 g/mol. The van der Waals surface area contributed by atoms with Crippen molar-refractivity contribution >= 4 is 22.6 Å². The van der Waals surface area contributed by atoms with E-state index >= 15 is 0 Å². The minimum absolute atomic E-state index is 0.384. The van der Waals surface area contributed by atoms with Crippen molar-refractivity contribution in [2.75, 3.05) is 0 Å². The molecule has 5 rings (SSSR count). The van der Waals surface area contributed by atoms with E-state index in [9.17, 15) is 5.11 Å². The van der Waals surface area contributed by atoms with Gasteiger partial charge < -0.3 is 9.52 Å². The molecule has 1 aromatic heterocycles. The Morgan fingerprint density at radius 1 is 1.24 bits per heavy atom. The Morgan fingerprint density at radius 3 is 2.95 bits per heavy atom. The van der Waals surface area contributed by atoms with Crippen molar-refractivity contribution in [1.29, 1.82) is 0 Å². The van der Waals surface area contributed by atoms with Gasteiger partial charge in [-0.25, -0.2) is 0 Å². The number of rotatable bonds is 1. The highest BCUT2D eigenvalue weighted by Gasteiger charge is 2.62. The van der Waals surface area contributed by atoms with Gasteiger partial charge in [-0.15, -0.1) is 0 Å². The molecule has 3 heteroatoms. The minimum atomic E-state index is -0.765. The Kier molecular flexibility index (Phi) is 2.42. The molecule has 3 aliphatic carbocycles. The summed E-state index contributed by atoms with van der Waals surface area (Å²) in [5.74, 6) is 3.38. The lowest BCUT2D eigenvalue weighted by molar-refractivity contribution is -0.0659. The van der Waals surface area contributed by atoms with Crippen molar-refractivity contribution in [3.63, 3.8) is 0 Å². The van der Waals surface area contributed by atoms with Crippen molar-refractivity contribution in [2.24, 2.45) is 23.7 Å². The highest BCUT2D eigenvalue weighted by atomic mass is 35.5. The number of benzene rings is 1. The molecule has 3 fully saturated rings. The van der Waals surface area contributed by atoms with Crippen LogP contribution in [0.2, 0.25) is 5.02 Å². The molecule has 1 aromatic carbocycles. The van der Waals surface area contributed by atoms with Gasteiger partial charge in [0, 0.05) is 5.39 Å². The van der Waals surface area contributed by atoms with Crippen LogP contribution in [-0.2, 0) is 5.60 Å². The van der Waals surface area contributed by atoms with E-state index in [0.717, 1.165) is 23.5 Å². The standard InChI is InChI=1S/C18H19ClO2/c19-15-6-1-3-10-8-16(21-17(10)15)18(20)9-11-7-14(18)13-5-2-4-12(11)13/h1,3,6,8,11-14,20H,2,4-5,7,9H2. The first-order valence-electron chi connectivity index (χ1n) is 8.08. The first-order chi connectivity index (χ1) is 10.2. The fourth-order valence-corrected chi connectivity index (χ4v) is 5.86. The largest absolute Gasteiger partial charge is 0.456 e. The van der Waals surface area contributed by atoms with E-state index in [0.29, 0.717) is 28.4 Å². The van der Waals surface area contributed by atoms with E-state index in [1.165, 1.54) is 25.7 Å². The highest BCUT2D eigenvalue weighted by Crippen LogP contribution is 2.65. The summed E-state index contributed by atoms with van der Waals surface area (Å²) < 4.78 is 6.00. The molecule has 21 heavy (non-hydrogen) atoms. The van der Waals surface area contributed by atoms with Gasteiger partial charge in [0.25, 0.3) is 0 Å². The van der Waals surface area contributed by atoms with Crippen molar-refractivity contribution in [1.82, 2.24) is 0 Å². The van der Waals surface area contributed by atoms with E-state index in [4.69, 9.17) is 16.0 Å². The number of aliphatic hydroxyl groups is 1. The third-order valence-electron chi connectivity index (χ3n) is 6.41. The molecule has 1 N–H and O–H groups in total. The third-order valence-corrected chi connectivity index (χ3v) is 6.71. The van der Waals surface area contributed by atoms with Crippen LogP contribution < -0.4 is 0 Å². The van der Waals surface area contributed by atoms with Gasteiger partial charge in [-0.1, -0.05) is 30.2 Å². The second kappa shape index (κ2) is 4.05. The van der Waals surface area contributed by atoms with Crippen LogP contribution in [0, 0.1) is 23.7 Å². The molecule has 0 aliphatic heterocycles. The molecule has 2 aromatic rings. The Bertz CT molecular complexity index is 721. The number of para-hydroxylation sites is 1. The number of hydrogen-bond donors (Lipinski definition) is 1. The fourth-order valence-electron chi connectivity index (χ4n) is 5.64. The zero-order chi connectivity index (χ0) is 14.2. The topological polar surface area (TPSA) is 33.4 Å². The summed E-state index contributed by atoms with van der Waals surface area (Å²) in [7, 11) is 0. The van der Waals surface area contributed by atoms with Gasteiger partial charge in [0.2, 0.25) is 0 Å². The predicted molar refractivity (Wildman–Crippen MR) is 82.2 cm³/mol. The van der Waals surface area contributed by atoms with Crippen molar-refractivity contribution < 1.29 is 9.52 Å². The van der Waals surface area contributed by atoms with Crippen LogP contribution in [0.25, 0.3) is 11.0 Å². The Balaban J connectivity index is 1.61. The van der Waals surface area contributed by atoms with Crippen LogP contribution in [0.3, 0.4) is 0 Å². The second-order valence-electron chi connectivity index (χ2n) is 7.26. The average molecular weight is 303 g/mol. The van der Waals surface area contributed by atoms with Gasteiger partial charge in [-0.2, -0.15) is 0 Å². The van der Waals surface area contributed by atoms with Gasteiger partial charge in [0.1, 0.15) is 11.4 Å². The molecule has 5 atom stereocenters. The summed E-state index contributed by atoms with van der Waals surface area (Å²) in [6.07, 6.45) is 6.04. The zero-order valence-corrected chi connectivity index (χ0v) is 12.6. The van der Waals surface area contributed by atoms with E-state index in [1.807, 2.05) is 24.3 Å². The van der Waals surface area contributed by atoms with E-state index < -0.39 is 5.60 Å². The summed E-state index contributed by atoms with van der Waals surface area (Å²) in [5, 5.41) is 13.0.